The van der Waals surface area contributed by atoms with Crippen molar-refractivity contribution >= 4 is 17.8 Å². The number of hydrogen-bond donors (Lipinski definition) is 3. The maximum Gasteiger partial charge on any atom is 0.344 e. The summed E-state index contributed by atoms with van der Waals surface area (Å²) < 4.78 is 0. The number of aliphatic carboxylic acids is 2. The Morgan fingerprint density at radius 2 is 1.83 bits per heavy atom. The van der Waals surface area contributed by atoms with E-state index in [-0.39, 0.29) is 0 Å². The van der Waals surface area contributed by atoms with Crippen LogP contribution in [-0.4, -0.2) is 37.1 Å². The van der Waals surface area contributed by atoms with Gasteiger partial charge < -0.3 is 15.5 Å². The molecule has 0 unspecified atom stereocenters. The lowest BCUT2D eigenvalue weighted by Gasteiger charge is -2.08. The molecule has 0 aromatic carbocycles. The van der Waals surface area contributed by atoms with Crippen molar-refractivity contribution in [2.75, 3.05) is 5.32 Å². The molecule has 2 rings (SSSR count). The summed E-state index contributed by atoms with van der Waals surface area (Å²) in [6.07, 6.45) is 5.72. The van der Waals surface area contributed by atoms with Gasteiger partial charge in [-0.3, -0.25) is 4.98 Å². The fourth-order valence-electron chi connectivity index (χ4n) is 1.95. The number of pyridine rings is 1. The third kappa shape index (κ3) is 4.35. The third-order valence-electron chi connectivity index (χ3n) is 3.05. The predicted octanol–water partition coefficient (Wildman–Crippen LogP) is 1.96. The van der Waals surface area contributed by atoms with Crippen molar-refractivity contribution in [3.8, 4) is 11.4 Å². The van der Waals surface area contributed by atoms with Crippen molar-refractivity contribution < 1.29 is 19.8 Å². The minimum atomic E-state index is -1.54. The van der Waals surface area contributed by atoms with Gasteiger partial charge in [0, 0.05) is 35.9 Å². The number of carboxylic acids is 2. The summed E-state index contributed by atoms with van der Waals surface area (Å²) in [6.45, 7) is 2.01. The van der Waals surface area contributed by atoms with Gasteiger partial charge in [-0.05, 0) is 18.6 Å². The summed E-state index contributed by atoms with van der Waals surface area (Å²) in [5, 5.41) is 20.4. The average molecular weight is 328 g/mol. The van der Waals surface area contributed by atoms with Crippen LogP contribution in [0.25, 0.3) is 11.4 Å². The lowest BCUT2D eigenvalue weighted by molar-refractivity contribution is -0.140. The Balaban J connectivity index is 2.39. The zero-order chi connectivity index (χ0) is 17.5. The van der Waals surface area contributed by atoms with Crippen LogP contribution in [0.4, 0.5) is 5.82 Å². The summed E-state index contributed by atoms with van der Waals surface area (Å²) >= 11 is 0. The molecule has 0 aliphatic rings. The van der Waals surface area contributed by atoms with Crippen LogP contribution in [0.1, 0.15) is 19.0 Å². The fraction of sp³-hybridized carbons (Fsp3) is 0.188. The maximum atomic E-state index is 10.9. The van der Waals surface area contributed by atoms with Crippen molar-refractivity contribution in [3.63, 3.8) is 0 Å². The summed E-state index contributed by atoms with van der Waals surface area (Å²) in [6, 6.07) is 5.17. The number of hydrogen-bond acceptors (Lipinski definition) is 6. The second-order valence-corrected chi connectivity index (χ2v) is 4.87. The minimum Gasteiger partial charge on any atom is -0.477 e. The largest absolute Gasteiger partial charge is 0.477 e. The summed E-state index contributed by atoms with van der Waals surface area (Å²) in [5.41, 5.74) is 0.741. The number of aryl methyl sites for hydroxylation is 1. The molecule has 0 aliphatic heterocycles. The van der Waals surface area contributed by atoms with Crippen molar-refractivity contribution in [2.45, 2.75) is 19.8 Å². The first-order valence-corrected chi connectivity index (χ1v) is 7.23. The SMILES string of the molecule is CCCc1cc(NC=C(C(=O)O)C(=O)O)nc(-c2ccncc2)n1. The van der Waals surface area contributed by atoms with E-state index in [4.69, 9.17) is 10.2 Å². The topological polar surface area (TPSA) is 125 Å². The minimum absolute atomic E-state index is 0.320. The average Bonchev–Trinajstić information content (AvgIpc) is 2.55. The molecule has 0 amide bonds. The molecule has 8 nitrogen and oxygen atoms in total. The molecule has 0 bridgehead atoms. The molecule has 124 valence electrons. The molecule has 0 radical (unpaired) electrons. The molecule has 0 saturated heterocycles. The van der Waals surface area contributed by atoms with E-state index in [1.807, 2.05) is 6.92 Å². The number of nitrogens with one attached hydrogen (secondary N) is 1. The van der Waals surface area contributed by atoms with E-state index < -0.39 is 17.5 Å². The van der Waals surface area contributed by atoms with Crippen LogP contribution in [0.15, 0.2) is 42.4 Å². The molecule has 2 heterocycles. The van der Waals surface area contributed by atoms with Crippen LogP contribution in [0.5, 0.6) is 0 Å². The summed E-state index contributed by atoms with van der Waals surface area (Å²) in [7, 11) is 0. The van der Waals surface area contributed by atoms with Crippen LogP contribution in [0.3, 0.4) is 0 Å². The van der Waals surface area contributed by atoms with E-state index >= 15 is 0 Å². The van der Waals surface area contributed by atoms with Crippen LogP contribution in [-0.2, 0) is 16.0 Å². The molecule has 8 heteroatoms. The Labute approximate surface area is 137 Å². The first-order chi connectivity index (χ1) is 11.5. The second kappa shape index (κ2) is 7.82. The Hall–Kier alpha value is -3.29. The maximum absolute atomic E-state index is 10.9. The van der Waals surface area contributed by atoms with E-state index in [0.29, 0.717) is 18.1 Å². The molecular formula is C16H16N4O4. The quantitative estimate of drug-likeness (QED) is 0.400. The first kappa shape index (κ1) is 17.1. The standard InChI is InChI=1S/C16H16N4O4/c1-2-3-11-8-13(18-9-12(15(21)22)16(23)24)20-14(19-11)10-4-6-17-7-5-10/h4-9H,2-3H2,1H3,(H,21,22)(H,23,24)(H,18,19,20). The van der Waals surface area contributed by atoms with E-state index in [9.17, 15) is 9.59 Å². The van der Waals surface area contributed by atoms with Gasteiger partial charge >= 0.3 is 11.9 Å². The van der Waals surface area contributed by atoms with E-state index in [2.05, 4.69) is 20.3 Å². The highest BCUT2D eigenvalue weighted by molar-refractivity contribution is 6.12. The summed E-state index contributed by atoms with van der Waals surface area (Å²) in [5.74, 6) is -2.30. The van der Waals surface area contributed by atoms with Gasteiger partial charge in [0.2, 0.25) is 0 Å². The molecule has 2 aromatic heterocycles. The van der Waals surface area contributed by atoms with Gasteiger partial charge in [0.25, 0.3) is 0 Å². The molecule has 2 aromatic rings. The Morgan fingerprint density at radius 1 is 1.17 bits per heavy atom. The van der Waals surface area contributed by atoms with Crippen molar-refractivity contribution in [1.82, 2.24) is 15.0 Å². The molecule has 0 atom stereocenters. The molecule has 3 N–H and O–H groups in total. The molecule has 0 saturated carbocycles. The highest BCUT2D eigenvalue weighted by Gasteiger charge is 2.16. The number of carbonyl (C=O) groups is 2. The van der Waals surface area contributed by atoms with Gasteiger partial charge in [-0.2, -0.15) is 0 Å². The lowest BCUT2D eigenvalue weighted by Crippen LogP contribution is -2.13. The Kier molecular flexibility index (Phi) is 5.56. The van der Waals surface area contributed by atoms with Crippen molar-refractivity contribution in [3.05, 3.63) is 48.1 Å². The highest BCUT2D eigenvalue weighted by Crippen LogP contribution is 2.18. The zero-order valence-corrected chi connectivity index (χ0v) is 12.9. The normalized spacial score (nSPS) is 10.0. The Morgan fingerprint density at radius 3 is 2.42 bits per heavy atom. The van der Waals surface area contributed by atoms with Gasteiger partial charge in [0.05, 0.1) is 0 Å². The van der Waals surface area contributed by atoms with E-state index in [1.165, 1.54) is 0 Å². The lowest BCUT2D eigenvalue weighted by atomic mass is 10.2. The van der Waals surface area contributed by atoms with Gasteiger partial charge in [0.1, 0.15) is 5.82 Å². The second-order valence-electron chi connectivity index (χ2n) is 4.87. The van der Waals surface area contributed by atoms with Crippen molar-refractivity contribution in [2.24, 2.45) is 0 Å². The number of nitrogens with zero attached hydrogens (tertiary/aromatic N) is 3. The van der Waals surface area contributed by atoms with Crippen LogP contribution in [0, 0.1) is 0 Å². The van der Waals surface area contributed by atoms with E-state index in [1.54, 1.807) is 30.6 Å². The monoisotopic (exact) mass is 328 g/mol. The van der Waals surface area contributed by atoms with Gasteiger partial charge in [-0.25, -0.2) is 19.6 Å². The molecular weight excluding hydrogens is 312 g/mol. The third-order valence-corrected chi connectivity index (χ3v) is 3.05. The van der Waals surface area contributed by atoms with Crippen LogP contribution < -0.4 is 5.32 Å². The Bertz CT molecular complexity index is 759. The molecule has 24 heavy (non-hydrogen) atoms. The van der Waals surface area contributed by atoms with Gasteiger partial charge in [-0.1, -0.05) is 13.3 Å². The highest BCUT2D eigenvalue weighted by atomic mass is 16.4. The summed E-state index contributed by atoms with van der Waals surface area (Å²) in [4.78, 5) is 34.5. The molecule has 0 spiro atoms. The zero-order valence-electron chi connectivity index (χ0n) is 12.9. The molecule has 0 fully saturated rings. The van der Waals surface area contributed by atoms with Crippen LogP contribution in [0.2, 0.25) is 0 Å². The number of carboxylic acid groups (broad SMARTS) is 2. The number of anilines is 1. The number of rotatable bonds is 7. The van der Waals surface area contributed by atoms with Crippen LogP contribution >= 0.6 is 0 Å². The first-order valence-electron chi connectivity index (χ1n) is 7.23. The molecule has 0 aliphatic carbocycles. The smallest absolute Gasteiger partial charge is 0.344 e. The van der Waals surface area contributed by atoms with Gasteiger partial charge in [-0.15, -0.1) is 0 Å². The number of aromatic nitrogens is 3. The fourth-order valence-corrected chi connectivity index (χ4v) is 1.95. The van der Waals surface area contributed by atoms with Gasteiger partial charge in [0.15, 0.2) is 11.4 Å². The van der Waals surface area contributed by atoms with E-state index in [0.717, 1.165) is 23.9 Å². The predicted molar refractivity (Wildman–Crippen MR) is 86.2 cm³/mol. The van der Waals surface area contributed by atoms with Crippen molar-refractivity contribution in [1.29, 1.82) is 0 Å².